The maximum absolute atomic E-state index is 13.2. The molecule has 35 heavy (non-hydrogen) atoms. The van der Waals surface area contributed by atoms with Crippen LogP contribution in [0.25, 0.3) is 0 Å². The molecule has 2 amide bonds. The summed E-state index contributed by atoms with van der Waals surface area (Å²) in [4.78, 5) is 39.3. The van der Waals surface area contributed by atoms with Crippen molar-refractivity contribution >= 4 is 45.5 Å². The molecule has 3 aliphatic rings. The van der Waals surface area contributed by atoms with Crippen LogP contribution in [0.3, 0.4) is 0 Å². The molecule has 3 aliphatic carbocycles. The van der Waals surface area contributed by atoms with Gasteiger partial charge in [0.25, 0.3) is 5.91 Å². The minimum absolute atomic E-state index is 0.0211. The molecular weight excluding hydrogens is 464 g/mol. The summed E-state index contributed by atoms with van der Waals surface area (Å²) in [7, 11) is 0. The van der Waals surface area contributed by atoms with Gasteiger partial charge in [0.2, 0.25) is 11.9 Å². The molecule has 2 saturated carbocycles. The molecule has 6 rings (SSSR count). The maximum Gasteiger partial charge on any atom is 0.254 e. The van der Waals surface area contributed by atoms with E-state index < -0.39 is 0 Å². The SMILES string of the molecule is O=C(NCC1CC1)c1c(NC(=O)C2CC2)sc2c1C/C(=N\n1ccnc1Nc1cncnc1)CC2. The highest BCUT2D eigenvalue weighted by Gasteiger charge is 2.34. The predicted molar refractivity (Wildman–Crippen MR) is 133 cm³/mol. The van der Waals surface area contributed by atoms with Gasteiger partial charge in [0, 0.05) is 35.7 Å². The first-order valence-electron chi connectivity index (χ1n) is 12.0. The van der Waals surface area contributed by atoms with Crippen LogP contribution in [-0.2, 0) is 17.6 Å². The van der Waals surface area contributed by atoms with E-state index in [-0.39, 0.29) is 17.7 Å². The van der Waals surface area contributed by atoms with Crippen LogP contribution in [0.15, 0.2) is 36.2 Å². The number of imidazole rings is 1. The second-order valence-electron chi connectivity index (χ2n) is 9.32. The maximum atomic E-state index is 13.2. The van der Waals surface area contributed by atoms with Crippen LogP contribution in [0.1, 0.15) is 52.9 Å². The van der Waals surface area contributed by atoms with Gasteiger partial charge in [-0.15, -0.1) is 11.3 Å². The van der Waals surface area contributed by atoms with Gasteiger partial charge in [-0.25, -0.2) is 19.6 Å². The van der Waals surface area contributed by atoms with E-state index >= 15 is 0 Å². The van der Waals surface area contributed by atoms with Crippen molar-refractivity contribution in [3.63, 3.8) is 0 Å². The Kier molecular flexibility index (Phi) is 5.77. The monoisotopic (exact) mass is 490 g/mol. The van der Waals surface area contributed by atoms with Crippen LogP contribution < -0.4 is 16.0 Å². The molecule has 3 N–H and O–H groups in total. The second kappa shape index (κ2) is 9.21. The zero-order chi connectivity index (χ0) is 23.8. The molecule has 0 unspecified atom stereocenters. The first kappa shape index (κ1) is 21.9. The molecule has 0 saturated heterocycles. The molecule has 0 atom stereocenters. The number of nitrogens with one attached hydrogen (secondary N) is 3. The zero-order valence-electron chi connectivity index (χ0n) is 19.2. The number of thiophene rings is 1. The molecule has 0 aliphatic heterocycles. The summed E-state index contributed by atoms with van der Waals surface area (Å²) >= 11 is 1.54. The number of rotatable bonds is 8. The summed E-state index contributed by atoms with van der Waals surface area (Å²) in [6, 6.07) is 0. The van der Waals surface area contributed by atoms with Gasteiger partial charge in [0.1, 0.15) is 11.3 Å². The van der Waals surface area contributed by atoms with Crippen LogP contribution >= 0.6 is 11.3 Å². The highest BCUT2D eigenvalue weighted by Crippen LogP contribution is 2.39. The van der Waals surface area contributed by atoms with E-state index in [1.165, 1.54) is 30.5 Å². The number of carbonyl (C=O) groups excluding carboxylic acids is 2. The quantitative estimate of drug-likeness (QED) is 0.445. The fourth-order valence-corrected chi connectivity index (χ4v) is 5.40. The van der Waals surface area contributed by atoms with Crippen molar-refractivity contribution in [2.75, 3.05) is 17.2 Å². The predicted octanol–water partition coefficient (Wildman–Crippen LogP) is 3.36. The van der Waals surface area contributed by atoms with E-state index in [0.29, 0.717) is 35.4 Å². The highest BCUT2D eigenvalue weighted by molar-refractivity contribution is 7.17. The Bertz CT molecular complexity index is 1290. The third-order valence-corrected chi connectivity index (χ3v) is 7.67. The summed E-state index contributed by atoms with van der Waals surface area (Å²) in [6.45, 7) is 0.688. The molecule has 0 bridgehead atoms. The van der Waals surface area contributed by atoms with Crippen LogP contribution in [-0.4, -0.2) is 43.7 Å². The topological polar surface area (TPSA) is 126 Å². The molecule has 10 nitrogen and oxygen atoms in total. The van der Waals surface area contributed by atoms with E-state index in [1.807, 2.05) is 0 Å². The molecule has 3 aromatic rings. The lowest BCUT2D eigenvalue weighted by Crippen LogP contribution is -2.28. The Morgan fingerprint density at radius 1 is 1.14 bits per heavy atom. The van der Waals surface area contributed by atoms with Gasteiger partial charge in [-0.1, -0.05) is 0 Å². The number of hydrogen-bond acceptors (Lipinski definition) is 8. The Balaban J connectivity index is 1.26. The number of carbonyl (C=O) groups is 2. The number of nitrogens with zero attached hydrogens (tertiary/aromatic N) is 5. The second-order valence-corrected chi connectivity index (χ2v) is 10.4. The van der Waals surface area contributed by atoms with Gasteiger partial charge < -0.3 is 16.0 Å². The third-order valence-electron chi connectivity index (χ3n) is 6.46. The van der Waals surface area contributed by atoms with Crippen LogP contribution in [0.2, 0.25) is 0 Å². The molecule has 0 aromatic carbocycles. The zero-order valence-corrected chi connectivity index (χ0v) is 20.0. The van der Waals surface area contributed by atoms with Gasteiger partial charge in [0.05, 0.1) is 29.8 Å². The lowest BCUT2D eigenvalue weighted by molar-refractivity contribution is -0.117. The fourth-order valence-electron chi connectivity index (χ4n) is 4.18. The van der Waals surface area contributed by atoms with E-state index in [1.54, 1.807) is 29.5 Å². The number of amides is 2. The minimum Gasteiger partial charge on any atom is -0.352 e. The highest BCUT2D eigenvalue weighted by atomic mass is 32.1. The third kappa shape index (κ3) is 4.95. The molecule has 180 valence electrons. The van der Waals surface area contributed by atoms with E-state index in [4.69, 9.17) is 5.10 Å². The number of aromatic nitrogens is 4. The normalized spacial score (nSPS) is 18.2. The Hall–Kier alpha value is -3.60. The van der Waals surface area contributed by atoms with Gasteiger partial charge >= 0.3 is 0 Å². The van der Waals surface area contributed by atoms with E-state index in [2.05, 4.69) is 30.9 Å². The standard InChI is InChI=1S/C24H26N8O2S/c33-21(15-3-4-15)30-23-20(22(34)28-10-14-1-2-14)18-9-16(5-6-19(18)35-23)31-32-8-7-27-24(32)29-17-11-25-13-26-12-17/h7-8,11-15H,1-6,9-10H2,(H,27,29)(H,28,34)(H,30,33)/b31-16-. The summed E-state index contributed by atoms with van der Waals surface area (Å²) in [5, 5.41) is 14.8. The summed E-state index contributed by atoms with van der Waals surface area (Å²) in [5.74, 6) is 1.14. The summed E-state index contributed by atoms with van der Waals surface area (Å²) in [6.07, 6.45) is 14.6. The smallest absolute Gasteiger partial charge is 0.254 e. The van der Waals surface area contributed by atoms with Gasteiger partial charge in [-0.3, -0.25) is 9.59 Å². The molecule has 3 heterocycles. The Labute approximate surface area is 206 Å². The van der Waals surface area contributed by atoms with Gasteiger partial charge in [-0.05, 0) is 50.0 Å². The lowest BCUT2D eigenvalue weighted by atomic mass is 9.93. The number of aryl methyl sites for hydroxylation is 1. The van der Waals surface area contributed by atoms with Crippen molar-refractivity contribution in [3.8, 4) is 0 Å². The molecule has 0 radical (unpaired) electrons. The Morgan fingerprint density at radius 2 is 1.97 bits per heavy atom. The fraction of sp³-hybridized carbons (Fsp3) is 0.417. The van der Waals surface area contributed by atoms with Crippen molar-refractivity contribution in [1.82, 2.24) is 24.9 Å². The minimum atomic E-state index is -0.101. The van der Waals surface area contributed by atoms with Crippen LogP contribution in [0.5, 0.6) is 0 Å². The average Bonchev–Trinajstić information content (AvgIpc) is 3.79. The molecule has 2 fully saturated rings. The first-order chi connectivity index (χ1) is 17.1. The molecule has 3 aromatic heterocycles. The summed E-state index contributed by atoms with van der Waals surface area (Å²) in [5.41, 5.74) is 3.26. The lowest BCUT2D eigenvalue weighted by Gasteiger charge is -2.16. The van der Waals surface area contributed by atoms with Gasteiger partial charge in [-0.2, -0.15) is 5.10 Å². The summed E-state index contributed by atoms with van der Waals surface area (Å²) < 4.78 is 1.70. The van der Waals surface area contributed by atoms with Crippen molar-refractivity contribution < 1.29 is 9.59 Å². The number of fused-ring (bicyclic) bond motifs is 1. The Morgan fingerprint density at radius 3 is 2.74 bits per heavy atom. The molecule has 11 heteroatoms. The van der Waals surface area contributed by atoms with Crippen molar-refractivity contribution in [2.24, 2.45) is 16.9 Å². The average molecular weight is 491 g/mol. The largest absolute Gasteiger partial charge is 0.352 e. The van der Waals surface area contributed by atoms with Gasteiger partial charge in [0.15, 0.2) is 0 Å². The van der Waals surface area contributed by atoms with Crippen molar-refractivity contribution in [3.05, 3.63) is 47.1 Å². The van der Waals surface area contributed by atoms with Crippen molar-refractivity contribution in [1.29, 1.82) is 0 Å². The first-order valence-corrected chi connectivity index (χ1v) is 12.8. The number of hydrogen-bond donors (Lipinski definition) is 3. The van der Waals surface area contributed by atoms with E-state index in [9.17, 15) is 9.59 Å². The molecular formula is C24H26N8O2S. The van der Waals surface area contributed by atoms with Crippen LogP contribution in [0.4, 0.5) is 16.6 Å². The van der Waals surface area contributed by atoms with E-state index in [0.717, 1.165) is 47.5 Å². The van der Waals surface area contributed by atoms with Crippen molar-refractivity contribution in [2.45, 2.75) is 44.9 Å². The number of anilines is 3. The molecule has 0 spiro atoms. The van der Waals surface area contributed by atoms with Crippen LogP contribution in [0, 0.1) is 11.8 Å².